The van der Waals surface area contributed by atoms with Gasteiger partial charge in [-0.15, -0.1) is 0 Å². The highest BCUT2D eigenvalue weighted by atomic mass is 16.4. The van der Waals surface area contributed by atoms with Crippen LogP contribution in [0.4, 0.5) is 0 Å². The van der Waals surface area contributed by atoms with Crippen molar-refractivity contribution in [3.8, 4) is 0 Å². The van der Waals surface area contributed by atoms with Gasteiger partial charge in [-0.25, -0.2) is 9.59 Å². The van der Waals surface area contributed by atoms with Crippen molar-refractivity contribution in [2.75, 3.05) is 0 Å². The lowest BCUT2D eigenvalue weighted by atomic mass is 9.89. The van der Waals surface area contributed by atoms with Crippen LogP contribution in [0.2, 0.25) is 0 Å². The molecule has 6 heteroatoms. The first kappa shape index (κ1) is 10.4. The Balaban J connectivity index is 3.14. The first-order valence-corrected chi connectivity index (χ1v) is 3.66. The fourth-order valence-corrected chi connectivity index (χ4v) is 1.03. The zero-order chi connectivity index (χ0) is 10.9. The van der Waals surface area contributed by atoms with Crippen molar-refractivity contribution in [1.82, 2.24) is 0 Å². The molecule has 2 unspecified atom stereocenters. The maximum atomic E-state index is 10.6. The van der Waals surface area contributed by atoms with Gasteiger partial charge in [-0.1, -0.05) is 6.08 Å². The Morgan fingerprint density at radius 3 is 2.36 bits per heavy atom. The van der Waals surface area contributed by atoms with Crippen molar-refractivity contribution < 1.29 is 30.0 Å². The predicted octanol–water partition coefficient (Wildman–Crippen LogP) is -1.26. The van der Waals surface area contributed by atoms with Crippen molar-refractivity contribution in [3.05, 3.63) is 23.8 Å². The smallest absolute Gasteiger partial charge is 0.342 e. The van der Waals surface area contributed by atoms with Crippen LogP contribution in [0.1, 0.15) is 0 Å². The minimum absolute atomic E-state index is 0.375. The average molecular weight is 200 g/mol. The van der Waals surface area contributed by atoms with Crippen LogP contribution in [0.3, 0.4) is 0 Å². The van der Waals surface area contributed by atoms with Crippen LogP contribution in [0.15, 0.2) is 23.8 Å². The minimum atomic E-state index is -2.57. The monoisotopic (exact) mass is 200 g/mol. The average Bonchev–Trinajstić information content (AvgIpc) is 2.09. The summed E-state index contributed by atoms with van der Waals surface area (Å²) in [5.74, 6) is -3.07. The molecule has 14 heavy (non-hydrogen) atoms. The highest BCUT2D eigenvalue weighted by molar-refractivity contribution is 5.93. The van der Waals surface area contributed by atoms with Crippen LogP contribution in [-0.2, 0) is 9.59 Å². The molecule has 0 heterocycles. The molecule has 4 N–H and O–H groups in total. The molecule has 1 aliphatic rings. The summed E-state index contributed by atoms with van der Waals surface area (Å²) in [7, 11) is 0. The number of carboxylic acid groups (broad SMARTS) is 2. The standard InChI is InChI=1S/C8H8O6/c9-5-2-1-4(6(10)11)3-8(5,14)7(12)13/h1-3,5,9,14H,(H,10,11)(H,12,13). The van der Waals surface area contributed by atoms with Gasteiger partial charge in [0, 0.05) is 0 Å². The molecule has 6 nitrogen and oxygen atoms in total. The molecule has 76 valence electrons. The summed E-state index contributed by atoms with van der Waals surface area (Å²) in [4.78, 5) is 21.0. The van der Waals surface area contributed by atoms with Crippen molar-refractivity contribution >= 4 is 11.9 Å². The lowest BCUT2D eigenvalue weighted by Crippen LogP contribution is -2.48. The van der Waals surface area contributed by atoms with E-state index < -0.39 is 23.6 Å². The Morgan fingerprint density at radius 2 is 1.93 bits per heavy atom. The normalized spacial score (nSPS) is 31.0. The van der Waals surface area contributed by atoms with Crippen molar-refractivity contribution in [3.63, 3.8) is 0 Å². The van der Waals surface area contributed by atoms with Crippen LogP contribution in [0.5, 0.6) is 0 Å². The van der Waals surface area contributed by atoms with Crippen molar-refractivity contribution in [1.29, 1.82) is 0 Å². The van der Waals surface area contributed by atoms with E-state index in [1.165, 1.54) is 0 Å². The Bertz CT molecular complexity index is 342. The number of carboxylic acids is 2. The maximum Gasteiger partial charge on any atom is 0.342 e. The van der Waals surface area contributed by atoms with E-state index in [9.17, 15) is 14.7 Å². The summed E-state index contributed by atoms with van der Waals surface area (Å²) in [5.41, 5.74) is -2.94. The third-order valence-corrected chi connectivity index (χ3v) is 1.87. The molecule has 0 bridgehead atoms. The predicted molar refractivity (Wildman–Crippen MR) is 43.5 cm³/mol. The number of carbonyl (C=O) groups is 2. The third-order valence-electron chi connectivity index (χ3n) is 1.87. The lowest BCUT2D eigenvalue weighted by Gasteiger charge is -2.26. The molecule has 1 aliphatic carbocycles. The van der Waals surface area contributed by atoms with E-state index >= 15 is 0 Å². The number of aliphatic hydroxyl groups is 2. The van der Waals surface area contributed by atoms with Gasteiger partial charge in [-0.05, 0) is 12.2 Å². The number of aliphatic carboxylic acids is 2. The van der Waals surface area contributed by atoms with Gasteiger partial charge < -0.3 is 20.4 Å². The Morgan fingerprint density at radius 1 is 1.36 bits per heavy atom. The Labute approximate surface area is 78.4 Å². The van der Waals surface area contributed by atoms with E-state index in [2.05, 4.69) is 0 Å². The first-order valence-electron chi connectivity index (χ1n) is 3.66. The zero-order valence-corrected chi connectivity index (χ0v) is 6.91. The summed E-state index contributed by atoms with van der Waals surface area (Å²) < 4.78 is 0. The number of aliphatic hydroxyl groups excluding tert-OH is 1. The van der Waals surface area contributed by atoms with Crippen molar-refractivity contribution in [2.24, 2.45) is 0 Å². The fourth-order valence-electron chi connectivity index (χ4n) is 1.03. The Hall–Kier alpha value is -1.66. The van der Waals surface area contributed by atoms with Crippen LogP contribution < -0.4 is 0 Å². The van der Waals surface area contributed by atoms with Crippen LogP contribution >= 0.6 is 0 Å². The van der Waals surface area contributed by atoms with Gasteiger partial charge in [0.1, 0.15) is 6.10 Å². The molecule has 0 amide bonds. The Kier molecular flexibility index (Phi) is 2.41. The summed E-state index contributed by atoms with van der Waals surface area (Å²) in [6.45, 7) is 0. The molecule has 0 saturated heterocycles. The largest absolute Gasteiger partial charge is 0.479 e. The van der Waals surface area contributed by atoms with Gasteiger partial charge >= 0.3 is 11.9 Å². The van der Waals surface area contributed by atoms with Gasteiger partial charge in [0.15, 0.2) is 0 Å². The van der Waals surface area contributed by atoms with Gasteiger partial charge in [-0.2, -0.15) is 0 Å². The van der Waals surface area contributed by atoms with Crippen molar-refractivity contribution in [2.45, 2.75) is 11.7 Å². The summed E-state index contributed by atoms with van der Waals surface area (Å²) in [5, 5.41) is 35.7. The molecular weight excluding hydrogens is 192 g/mol. The molecule has 0 fully saturated rings. The van der Waals surface area contributed by atoms with Crippen LogP contribution in [-0.4, -0.2) is 44.1 Å². The molecule has 0 aromatic rings. The van der Waals surface area contributed by atoms with Crippen LogP contribution in [0.25, 0.3) is 0 Å². The second-order valence-corrected chi connectivity index (χ2v) is 2.84. The molecular formula is C8H8O6. The maximum absolute atomic E-state index is 10.6. The van der Waals surface area contributed by atoms with E-state index in [-0.39, 0.29) is 5.57 Å². The SMILES string of the molecule is O=C(O)C1=CC(O)(C(=O)O)C(O)C=C1. The highest BCUT2D eigenvalue weighted by Crippen LogP contribution is 2.22. The molecule has 0 aromatic heterocycles. The topological polar surface area (TPSA) is 115 Å². The van der Waals surface area contributed by atoms with E-state index in [4.69, 9.17) is 15.3 Å². The third kappa shape index (κ3) is 1.52. The quantitative estimate of drug-likeness (QED) is 0.442. The number of rotatable bonds is 2. The van der Waals surface area contributed by atoms with E-state index in [0.717, 1.165) is 12.2 Å². The second kappa shape index (κ2) is 3.24. The first-order chi connectivity index (χ1) is 6.38. The molecule has 2 atom stereocenters. The molecule has 0 radical (unpaired) electrons. The van der Waals surface area contributed by atoms with Gasteiger partial charge in [-0.3, -0.25) is 0 Å². The van der Waals surface area contributed by atoms with Gasteiger partial charge in [0.25, 0.3) is 0 Å². The molecule has 0 spiro atoms. The van der Waals surface area contributed by atoms with E-state index in [1.807, 2.05) is 0 Å². The van der Waals surface area contributed by atoms with E-state index in [1.54, 1.807) is 0 Å². The minimum Gasteiger partial charge on any atom is -0.479 e. The molecule has 0 aliphatic heterocycles. The molecule has 0 aromatic carbocycles. The second-order valence-electron chi connectivity index (χ2n) is 2.84. The van der Waals surface area contributed by atoms with Gasteiger partial charge in [0.05, 0.1) is 5.57 Å². The number of hydrogen-bond donors (Lipinski definition) is 4. The lowest BCUT2D eigenvalue weighted by molar-refractivity contribution is -0.160. The molecule has 0 saturated carbocycles. The molecule has 1 rings (SSSR count). The summed E-state index contributed by atoms with van der Waals surface area (Å²) >= 11 is 0. The van der Waals surface area contributed by atoms with Gasteiger partial charge in [0.2, 0.25) is 5.60 Å². The fraction of sp³-hybridized carbons (Fsp3) is 0.250. The summed E-state index contributed by atoms with van der Waals surface area (Å²) in [6.07, 6.45) is 0.896. The van der Waals surface area contributed by atoms with Crippen LogP contribution in [0, 0.1) is 0 Å². The highest BCUT2D eigenvalue weighted by Gasteiger charge is 2.43. The van der Waals surface area contributed by atoms with E-state index in [0.29, 0.717) is 6.08 Å². The summed E-state index contributed by atoms with van der Waals surface area (Å²) in [6, 6.07) is 0. The zero-order valence-electron chi connectivity index (χ0n) is 6.91. The number of hydrogen-bond acceptors (Lipinski definition) is 4.